The molecule has 1 saturated heterocycles. The van der Waals surface area contributed by atoms with Crippen molar-refractivity contribution in [3.8, 4) is 5.75 Å². The quantitative estimate of drug-likeness (QED) is 0.782. The molecule has 1 N–H and O–H groups in total. The summed E-state index contributed by atoms with van der Waals surface area (Å²) < 4.78 is 31.5. The summed E-state index contributed by atoms with van der Waals surface area (Å²) in [5.74, 6) is -1.55. The summed E-state index contributed by atoms with van der Waals surface area (Å²) >= 11 is 0. The second-order valence-electron chi connectivity index (χ2n) is 3.28. The molecule has 1 atom stereocenters. The molecule has 4 heteroatoms. The maximum Gasteiger partial charge on any atom is 0.191 e. The van der Waals surface area contributed by atoms with Crippen molar-refractivity contribution in [3.05, 3.63) is 29.8 Å². The van der Waals surface area contributed by atoms with Crippen LogP contribution in [0.1, 0.15) is 6.42 Å². The Morgan fingerprint density at radius 1 is 1.29 bits per heavy atom. The van der Waals surface area contributed by atoms with Gasteiger partial charge in [0.25, 0.3) is 0 Å². The number of nitrogens with one attached hydrogen (secondary N) is 1. The summed E-state index contributed by atoms with van der Waals surface area (Å²) in [4.78, 5) is 0. The third-order valence-electron chi connectivity index (χ3n) is 2.22. The largest absolute Gasteiger partial charge is 0.483 e. The van der Waals surface area contributed by atoms with Gasteiger partial charge in [0.2, 0.25) is 0 Å². The fourth-order valence-electron chi connectivity index (χ4n) is 1.49. The van der Waals surface area contributed by atoms with Gasteiger partial charge in [0, 0.05) is 6.54 Å². The molecule has 2 nitrogen and oxygen atoms in total. The number of ether oxygens (including phenoxy) is 1. The molecule has 76 valence electrons. The van der Waals surface area contributed by atoms with Crippen molar-refractivity contribution in [3.63, 3.8) is 0 Å². The normalized spacial score (nSPS) is 21.1. The van der Waals surface area contributed by atoms with Crippen LogP contribution in [0.2, 0.25) is 0 Å². The molecule has 0 aliphatic carbocycles. The van der Waals surface area contributed by atoms with Gasteiger partial charge in [-0.25, -0.2) is 8.78 Å². The Kier molecular flexibility index (Phi) is 2.63. The SMILES string of the molecule is Fc1cccc(F)c1O[C@H]1CCNC1. The van der Waals surface area contributed by atoms with Crippen molar-refractivity contribution >= 4 is 0 Å². The third kappa shape index (κ3) is 1.85. The summed E-state index contributed by atoms with van der Waals surface area (Å²) in [6.45, 7) is 1.48. The minimum absolute atomic E-state index is 0.124. The van der Waals surface area contributed by atoms with E-state index in [1.165, 1.54) is 18.2 Å². The molecule has 0 saturated carbocycles. The van der Waals surface area contributed by atoms with E-state index in [-0.39, 0.29) is 11.9 Å². The first-order valence-corrected chi connectivity index (χ1v) is 4.59. The average molecular weight is 199 g/mol. The lowest BCUT2D eigenvalue weighted by Crippen LogP contribution is -2.20. The van der Waals surface area contributed by atoms with E-state index in [2.05, 4.69) is 5.32 Å². The summed E-state index contributed by atoms with van der Waals surface area (Å²) in [5, 5.41) is 3.06. The van der Waals surface area contributed by atoms with E-state index >= 15 is 0 Å². The van der Waals surface area contributed by atoms with Crippen molar-refractivity contribution in [2.45, 2.75) is 12.5 Å². The van der Waals surface area contributed by atoms with E-state index in [0.717, 1.165) is 13.0 Å². The van der Waals surface area contributed by atoms with Crippen LogP contribution >= 0.6 is 0 Å². The fourth-order valence-corrected chi connectivity index (χ4v) is 1.49. The molecule has 0 bridgehead atoms. The number of para-hydroxylation sites is 1. The lowest BCUT2D eigenvalue weighted by molar-refractivity contribution is 0.202. The van der Waals surface area contributed by atoms with Crippen LogP contribution in [0.15, 0.2) is 18.2 Å². The molecule has 1 fully saturated rings. The maximum absolute atomic E-state index is 13.1. The summed E-state index contributed by atoms with van der Waals surface area (Å²) in [7, 11) is 0. The first-order chi connectivity index (χ1) is 6.77. The highest BCUT2D eigenvalue weighted by molar-refractivity contribution is 5.26. The second kappa shape index (κ2) is 3.92. The number of hydrogen-bond acceptors (Lipinski definition) is 2. The van der Waals surface area contributed by atoms with Gasteiger partial charge in [-0.3, -0.25) is 0 Å². The van der Waals surface area contributed by atoms with Crippen LogP contribution in [0, 0.1) is 11.6 Å². The first-order valence-electron chi connectivity index (χ1n) is 4.59. The smallest absolute Gasteiger partial charge is 0.191 e. The van der Waals surface area contributed by atoms with E-state index < -0.39 is 11.6 Å². The molecule has 0 amide bonds. The molecule has 0 radical (unpaired) electrons. The number of hydrogen-bond donors (Lipinski definition) is 1. The van der Waals surface area contributed by atoms with Gasteiger partial charge < -0.3 is 10.1 Å². The van der Waals surface area contributed by atoms with Gasteiger partial charge in [-0.1, -0.05) is 6.07 Å². The minimum atomic E-state index is -0.642. The molecule has 1 heterocycles. The van der Waals surface area contributed by atoms with E-state index in [9.17, 15) is 8.78 Å². The molecular formula is C10H11F2NO. The van der Waals surface area contributed by atoms with Crippen LogP contribution in [-0.2, 0) is 0 Å². The first kappa shape index (κ1) is 9.40. The molecule has 0 spiro atoms. The Morgan fingerprint density at radius 3 is 2.57 bits per heavy atom. The van der Waals surface area contributed by atoms with Gasteiger partial charge in [-0.2, -0.15) is 0 Å². The number of halogens is 2. The van der Waals surface area contributed by atoms with Crippen molar-refractivity contribution < 1.29 is 13.5 Å². The topological polar surface area (TPSA) is 21.3 Å². The summed E-state index contributed by atoms with van der Waals surface area (Å²) in [6, 6.07) is 3.71. The maximum atomic E-state index is 13.1. The highest BCUT2D eigenvalue weighted by Crippen LogP contribution is 2.23. The summed E-state index contributed by atoms with van der Waals surface area (Å²) in [6.07, 6.45) is 0.662. The predicted octanol–water partition coefficient (Wildman–Crippen LogP) is 1.71. The summed E-state index contributed by atoms with van der Waals surface area (Å²) in [5.41, 5.74) is 0. The van der Waals surface area contributed by atoms with E-state index in [0.29, 0.717) is 6.54 Å². The zero-order valence-electron chi connectivity index (χ0n) is 7.59. The molecule has 0 unspecified atom stereocenters. The van der Waals surface area contributed by atoms with Gasteiger partial charge >= 0.3 is 0 Å². The molecule has 1 aliphatic heterocycles. The molecule has 2 rings (SSSR count). The third-order valence-corrected chi connectivity index (χ3v) is 2.22. The van der Waals surface area contributed by atoms with Gasteiger partial charge in [-0.05, 0) is 25.1 Å². The molecule has 1 aromatic rings. The minimum Gasteiger partial charge on any atom is -0.483 e. The average Bonchev–Trinajstić information content (AvgIpc) is 2.64. The van der Waals surface area contributed by atoms with Crippen molar-refractivity contribution in [1.82, 2.24) is 5.32 Å². The van der Waals surface area contributed by atoms with Crippen molar-refractivity contribution in [2.24, 2.45) is 0 Å². The Morgan fingerprint density at radius 2 is 2.00 bits per heavy atom. The number of rotatable bonds is 2. The van der Waals surface area contributed by atoms with Crippen LogP contribution in [0.5, 0.6) is 5.75 Å². The Balaban J connectivity index is 2.14. The lowest BCUT2D eigenvalue weighted by Gasteiger charge is -2.13. The van der Waals surface area contributed by atoms with Crippen LogP contribution in [-0.4, -0.2) is 19.2 Å². The zero-order valence-corrected chi connectivity index (χ0v) is 7.59. The molecule has 14 heavy (non-hydrogen) atoms. The standard InChI is InChI=1S/C10H11F2NO/c11-8-2-1-3-9(12)10(8)14-7-4-5-13-6-7/h1-3,7,13H,4-6H2/t7-/m0/s1. The van der Waals surface area contributed by atoms with Gasteiger partial charge in [0.05, 0.1) is 0 Å². The highest BCUT2D eigenvalue weighted by Gasteiger charge is 2.19. The Hall–Kier alpha value is -1.16. The van der Waals surface area contributed by atoms with Crippen molar-refractivity contribution in [1.29, 1.82) is 0 Å². The highest BCUT2D eigenvalue weighted by atomic mass is 19.1. The number of benzene rings is 1. The lowest BCUT2D eigenvalue weighted by atomic mass is 10.3. The van der Waals surface area contributed by atoms with Crippen LogP contribution in [0.25, 0.3) is 0 Å². The fraction of sp³-hybridized carbons (Fsp3) is 0.400. The molecule has 1 aromatic carbocycles. The second-order valence-corrected chi connectivity index (χ2v) is 3.28. The van der Waals surface area contributed by atoms with E-state index in [1.807, 2.05) is 0 Å². The molecule has 0 aromatic heterocycles. The van der Waals surface area contributed by atoms with Crippen molar-refractivity contribution in [2.75, 3.05) is 13.1 Å². The van der Waals surface area contributed by atoms with Crippen LogP contribution in [0.3, 0.4) is 0 Å². The van der Waals surface area contributed by atoms with Gasteiger partial charge in [0.1, 0.15) is 6.10 Å². The van der Waals surface area contributed by atoms with Crippen LogP contribution < -0.4 is 10.1 Å². The monoisotopic (exact) mass is 199 g/mol. The Bertz CT molecular complexity index is 304. The molecular weight excluding hydrogens is 188 g/mol. The van der Waals surface area contributed by atoms with Gasteiger partial charge in [-0.15, -0.1) is 0 Å². The Labute approximate surface area is 80.9 Å². The van der Waals surface area contributed by atoms with E-state index in [1.54, 1.807) is 0 Å². The zero-order chi connectivity index (χ0) is 9.97. The van der Waals surface area contributed by atoms with Crippen LogP contribution in [0.4, 0.5) is 8.78 Å². The predicted molar refractivity (Wildman–Crippen MR) is 48.3 cm³/mol. The molecule has 1 aliphatic rings. The van der Waals surface area contributed by atoms with Gasteiger partial charge in [0.15, 0.2) is 17.4 Å². The van der Waals surface area contributed by atoms with E-state index in [4.69, 9.17) is 4.74 Å².